The van der Waals surface area contributed by atoms with Crippen LogP contribution in [0.4, 0.5) is 17.2 Å². The standard InChI is InChI=1S/C44H28N4/c1-3-13-29(14-4-1)36-27-25-30-23-24-31-26-28-40(46-43(31)42(30)45-36)48-38-21-11-8-18-34(38)41-33-17-7-10-20-37(33)47(32-15-5-2-6-16-32)44(41)35-19-9-12-22-39(35)48/h1-28H. The van der Waals surface area contributed by atoms with Crippen molar-refractivity contribution in [1.82, 2.24) is 14.5 Å². The second-order valence-electron chi connectivity index (χ2n) is 12.2. The maximum absolute atomic E-state index is 5.45. The largest absolute Gasteiger partial charge is 0.309 e. The number of aromatic nitrogens is 3. The lowest BCUT2D eigenvalue weighted by atomic mass is 9.98. The summed E-state index contributed by atoms with van der Waals surface area (Å²) in [6.07, 6.45) is 0. The maximum Gasteiger partial charge on any atom is 0.138 e. The molecule has 10 rings (SSSR count). The van der Waals surface area contributed by atoms with E-state index in [4.69, 9.17) is 9.97 Å². The second kappa shape index (κ2) is 10.5. The fourth-order valence-corrected chi connectivity index (χ4v) is 7.39. The molecule has 0 bridgehead atoms. The van der Waals surface area contributed by atoms with Crippen LogP contribution in [0.15, 0.2) is 170 Å². The van der Waals surface area contributed by atoms with E-state index in [1.807, 2.05) is 6.07 Å². The first-order chi connectivity index (χ1) is 23.8. The van der Waals surface area contributed by atoms with E-state index in [-0.39, 0.29) is 0 Å². The van der Waals surface area contributed by atoms with Crippen LogP contribution in [0.5, 0.6) is 0 Å². The molecule has 0 atom stereocenters. The molecule has 0 unspecified atom stereocenters. The smallest absolute Gasteiger partial charge is 0.138 e. The molecule has 48 heavy (non-hydrogen) atoms. The van der Waals surface area contributed by atoms with E-state index in [0.29, 0.717) is 0 Å². The third-order valence-electron chi connectivity index (χ3n) is 9.51. The Bertz CT molecular complexity index is 2670. The van der Waals surface area contributed by atoms with Crippen LogP contribution in [0.2, 0.25) is 0 Å². The average molecular weight is 613 g/mol. The number of para-hydroxylation sites is 4. The molecule has 4 heterocycles. The zero-order valence-electron chi connectivity index (χ0n) is 26.0. The Kier molecular flexibility index (Phi) is 5.84. The zero-order valence-corrected chi connectivity index (χ0v) is 26.0. The summed E-state index contributed by atoms with van der Waals surface area (Å²) in [6.45, 7) is 0. The summed E-state index contributed by atoms with van der Waals surface area (Å²) in [5.41, 5.74) is 13.0. The minimum atomic E-state index is 0.850. The number of hydrogen-bond acceptors (Lipinski definition) is 3. The fraction of sp³-hybridized carbons (Fsp3) is 0. The summed E-state index contributed by atoms with van der Waals surface area (Å²) in [7, 11) is 0. The molecule has 6 aromatic carbocycles. The molecule has 1 aliphatic heterocycles. The van der Waals surface area contributed by atoms with Crippen LogP contribution in [-0.2, 0) is 0 Å². The summed E-state index contributed by atoms with van der Waals surface area (Å²) in [5.74, 6) is 0.850. The lowest BCUT2D eigenvalue weighted by Gasteiger charge is -2.26. The summed E-state index contributed by atoms with van der Waals surface area (Å²) in [5, 5.41) is 3.35. The molecule has 0 aliphatic carbocycles. The molecule has 9 aromatic rings. The van der Waals surface area contributed by atoms with Crippen molar-refractivity contribution < 1.29 is 0 Å². The van der Waals surface area contributed by atoms with Gasteiger partial charge in [0.2, 0.25) is 0 Å². The van der Waals surface area contributed by atoms with Crippen molar-refractivity contribution in [3.63, 3.8) is 0 Å². The molecule has 1 aliphatic rings. The topological polar surface area (TPSA) is 34.0 Å². The maximum atomic E-state index is 5.45. The first-order valence-corrected chi connectivity index (χ1v) is 16.3. The predicted molar refractivity (Wildman–Crippen MR) is 198 cm³/mol. The molecular weight excluding hydrogens is 585 g/mol. The van der Waals surface area contributed by atoms with Crippen molar-refractivity contribution in [1.29, 1.82) is 0 Å². The van der Waals surface area contributed by atoms with Gasteiger partial charge in [0.05, 0.1) is 39.3 Å². The van der Waals surface area contributed by atoms with Gasteiger partial charge in [-0.25, -0.2) is 9.97 Å². The van der Waals surface area contributed by atoms with E-state index < -0.39 is 0 Å². The number of anilines is 3. The molecular formula is C44H28N4. The van der Waals surface area contributed by atoms with Crippen LogP contribution in [0, 0.1) is 0 Å². The normalized spacial score (nSPS) is 12.1. The summed E-state index contributed by atoms with van der Waals surface area (Å²) < 4.78 is 2.42. The van der Waals surface area contributed by atoms with Gasteiger partial charge in [-0.2, -0.15) is 0 Å². The Labute approximate surface area is 277 Å². The highest BCUT2D eigenvalue weighted by Gasteiger charge is 2.31. The van der Waals surface area contributed by atoms with Gasteiger partial charge in [-0.15, -0.1) is 0 Å². The number of benzene rings is 6. The number of fused-ring (bicyclic) bond motifs is 10. The minimum Gasteiger partial charge on any atom is -0.309 e. The van der Waals surface area contributed by atoms with Crippen LogP contribution in [0.3, 0.4) is 0 Å². The number of hydrogen-bond donors (Lipinski definition) is 0. The van der Waals surface area contributed by atoms with E-state index >= 15 is 0 Å². The van der Waals surface area contributed by atoms with E-state index in [2.05, 4.69) is 173 Å². The van der Waals surface area contributed by atoms with Gasteiger partial charge in [0, 0.05) is 44.1 Å². The SMILES string of the molecule is c1ccc(-c2ccc3ccc4ccc(N5c6ccccc6-c6c(n(-c7ccccc7)c7ccccc67)-c6ccccc65)nc4c3n2)cc1. The first-order valence-electron chi connectivity index (χ1n) is 16.3. The van der Waals surface area contributed by atoms with Crippen molar-refractivity contribution in [2.24, 2.45) is 0 Å². The van der Waals surface area contributed by atoms with Crippen molar-refractivity contribution in [3.05, 3.63) is 170 Å². The highest BCUT2D eigenvalue weighted by molar-refractivity contribution is 6.13. The molecule has 0 saturated heterocycles. The Hall–Kier alpha value is -6.52. The van der Waals surface area contributed by atoms with Gasteiger partial charge in [0.15, 0.2) is 0 Å². The zero-order chi connectivity index (χ0) is 31.6. The van der Waals surface area contributed by atoms with Gasteiger partial charge in [-0.3, -0.25) is 4.90 Å². The Morgan fingerprint density at radius 3 is 1.81 bits per heavy atom. The number of pyridine rings is 2. The summed E-state index contributed by atoms with van der Waals surface area (Å²) in [4.78, 5) is 13.0. The van der Waals surface area contributed by atoms with Gasteiger partial charge in [0.1, 0.15) is 5.82 Å². The molecule has 0 amide bonds. The van der Waals surface area contributed by atoms with Gasteiger partial charge in [-0.1, -0.05) is 121 Å². The minimum absolute atomic E-state index is 0.850. The van der Waals surface area contributed by atoms with E-state index in [0.717, 1.165) is 61.5 Å². The predicted octanol–water partition coefficient (Wildman–Crippen LogP) is 11.5. The molecule has 0 saturated carbocycles. The lowest BCUT2D eigenvalue weighted by molar-refractivity contribution is 1.13. The van der Waals surface area contributed by atoms with Gasteiger partial charge in [-0.05, 0) is 48.5 Å². The van der Waals surface area contributed by atoms with Crippen molar-refractivity contribution in [2.45, 2.75) is 0 Å². The van der Waals surface area contributed by atoms with Crippen LogP contribution in [0.25, 0.3) is 72.0 Å². The van der Waals surface area contributed by atoms with Crippen LogP contribution < -0.4 is 4.90 Å². The molecule has 224 valence electrons. The van der Waals surface area contributed by atoms with Crippen molar-refractivity contribution in [2.75, 3.05) is 4.90 Å². The van der Waals surface area contributed by atoms with Crippen LogP contribution in [0.1, 0.15) is 0 Å². The number of nitrogens with zero attached hydrogens (tertiary/aromatic N) is 4. The highest BCUT2D eigenvalue weighted by atomic mass is 15.2. The molecule has 4 heteroatoms. The molecule has 0 fully saturated rings. The van der Waals surface area contributed by atoms with Gasteiger partial charge < -0.3 is 4.57 Å². The molecule has 0 radical (unpaired) electrons. The number of rotatable bonds is 3. The highest BCUT2D eigenvalue weighted by Crippen LogP contribution is 2.54. The quantitative estimate of drug-likeness (QED) is 0.186. The molecule has 0 N–H and O–H groups in total. The molecule has 4 nitrogen and oxygen atoms in total. The molecule has 0 spiro atoms. The van der Waals surface area contributed by atoms with Gasteiger partial charge >= 0.3 is 0 Å². The summed E-state index contributed by atoms with van der Waals surface area (Å²) >= 11 is 0. The van der Waals surface area contributed by atoms with Crippen LogP contribution in [-0.4, -0.2) is 14.5 Å². The van der Waals surface area contributed by atoms with Crippen molar-refractivity contribution >= 4 is 49.9 Å². The monoisotopic (exact) mass is 612 g/mol. The van der Waals surface area contributed by atoms with Crippen molar-refractivity contribution in [3.8, 4) is 39.3 Å². The van der Waals surface area contributed by atoms with Gasteiger partial charge in [0.25, 0.3) is 0 Å². The molecule has 3 aromatic heterocycles. The van der Waals surface area contributed by atoms with E-state index in [1.54, 1.807) is 0 Å². The fourth-order valence-electron chi connectivity index (χ4n) is 7.39. The Morgan fingerprint density at radius 2 is 1.02 bits per heavy atom. The Morgan fingerprint density at radius 1 is 0.438 bits per heavy atom. The third kappa shape index (κ3) is 3.96. The van der Waals surface area contributed by atoms with E-state index in [1.165, 1.54) is 27.7 Å². The second-order valence-corrected chi connectivity index (χ2v) is 12.2. The third-order valence-corrected chi connectivity index (χ3v) is 9.51. The van der Waals surface area contributed by atoms with Crippen LogP contribution >= 0.6 is 0 Å². The lowest BCUT2D eigenvalue weighted by Crippen LogP contribution is -2.13. The first kappa shape index (κ1) is 26.7. The Balaban J connectivity index is 1.27. The summed E-state index contributed by atoms with van der Waals surface area (Å²) in [6, 6.07) is 60.1. The average Bonchev–Trinajstić information content (AvgIpc) is 3.44. The van der Waals surface area contributed by atoms with E-state index in [9.17, 15) is 0 Å².